The summed E-state index contributed by atoms with van der Waals surface area (Å²) in [6, 6.07) is 4.06. The molecule has 1 fully saturated rings. The number of rotatable bonds is 9. The van der Waals surface area contributed by atoms with Gasteiger partial charge < -0.3 is 14.5 Å². The van der Waals surface area contributed by atoms with E-state index in [0.29, 0.717) is 0 Å². The average Bonchev–Trinajstić information content (AvgIpc) is 2.69. The molecule has 10 nitrogen and oxygen atoms in total. The number of esters is 2. The van der Waals surface area contributed by atoms with Crippen LogP contribution in [0.4, 0.5) is 5.69 Å². The standard InChI is InChI=1S/C23H32N2O8Si/c1-13(20-19(21(28)24-20)14(2)33-34(6,7)23(3,4)5)17(26)12-18(27)32-22(29)15-8-10-16(11-9-15)25(30)31/h8-11,13-14,19-20H,12H2,1-7H3,(H,24,28). The summed E-state index contributed by atoms with van der Waals surface area (Å²) in [5.41, 5.74) is -0.266. The van der Waals surface area contributed by atoms with Crippen molar-refractivity contribution in [1.29, 1.82) is 0 Å². The van der Waals surface area contributed by atoms with Gasteiger partial charge in [0.05, 0.1) is 28.6 Å². The summed E-state index contributed by atoms with van der Waals surface area (Å²) in [4.78, 5) is 59.3. The Balaban J connectivity index is 1.96. The third-order valence-corrected chi connectivity index (χ3v) is 11.2. The zero-order valence-corrected chi connectivity index (χ0v) is 21.5. The van der Waals surface area contributed by atoms with Crippen LogP contribution in [0.25, 0.3) is 0 Å². The maximum atomic E-state index is 12.7. The normalized spacial score (nSPS) is 19.9. The van der Waals surface area contributed by atoms with Gasteiger partial charge in [0.25, 0.3) is 5.69 Å². The lowest BCUT2D eigenvalue weighted by atomic mass is 9.77. The van der Waals surface area contributed by atoms with E-state index >= 15 is 0 Å². The molecule has 34 heavy (non-hydrogen) atoms. The molecule has 1 N–H and O–H groups in total. The highest BCUT2D eigenvalue weighted by Gasteiger charge is 2.50. The molecule has 0 aliphatic carbocycles. The largest absolute Gasteiger partial charge is 0.413 e. The van der Waals surface area contributed by atoms with Gasteiger partial charge in [-0.15, -0.1) is 0 Å². The summed E-state index contributed by atoms with van der Waals surface area (Å²) in [6.45, 7) is 13.9. The predicted molar refractivity (Wildman–Crippen MR) is 125 cm³/mol. The van der Waals surface area contributed by atoms with Crippen LogP contribution >= 0.6 is 0 Å². The first-order valence-corrected chi connectivity index (χ1v) is 14.0. The summed E-state index contributed by atoms with van der Waals surface area (Å²) in [7, 11) is -2.13. The number of hydrogen-bond acceptors (Lipinski definition) is 8. The van der Waals surface area contributed by atoms with E-state index in [0.717, 1.165) is 24.3 Å². The number of benzene rings is 1. The molecule has 11 heteroatoms. The van der Waals surface area contributed by atoms with E-state index < -0.39 is 61.4 Å². The first-order chi connectivity index (χ1) is 15.5. The van der Waals surface area contributed by atoms with Crippen molar-refractivity contribution < 1.29 is 33.3 Å². The van der Waals surface area contributed by atoms with Crippen LogP contribution in [-0.4, -0.2) is 49.0 Å². The lowest BCUT2D eigenvalue weighted by molar-refractivity contribution is -0.384. The molecule has 1 aliphatic rings. The van der Waals surface area contributed by atoms with E-state index in [9.17, 15) is 29.3 Å². The third kappa shape index (κ3) is 6.14. The molecule has 1 aromatic rings. The van der Waals surface area contributed by atoms with Crippen molar-refractivity contribution in [2.24, 2.45) is 11.8 Å². The van der Waals surface area contributed by atoms with Gasteiger partial charge in [-0.1, -0.05) is 27.7 Å². The fourth-order valence-corrected chi connectivity index (χ4v) is 4.92. The first-order valence-electron chi connectivity index (χ1n) is 11.1. The minimum atomic E-state index is -2.13. The first kappa shape index (κ1) is 27.3. The fourth-order valence-electron chi connectivity index (χ4n) is 3.49. The molecule has 1 aliphatic heterocycles. The number of ether oxygens (including phenoxy) is 1. The van der Waals surface area contributed by atoms with Crippen LogP contribution in [0, 0.1) is 22.0 Å². The Bertz CT molecular complexity index is 984. The Labute approximate surface area is 199 Å². The number of carbonyl (C=O) groups is 4. The molecule has 0 saturated carbocycles. The van der Waals surface area contributed by atoms with Crippen LogP contribution in [-0.2, 0) is 23.5 Å². The zero-order valence-electron chi connectivity index (χ0n) is 20.5. The van der Waals surface area contributed by atoms with Gasteiger partial charge in [0.2, 0.25) is 5.91 Å². The molecular weight excluding hydrogens is 460 g/mol. The van der Waals surface area contributed by atoms with Crippen molar-refractivity contribution in [3.63, 3.8) is 0 Å². The van der Waals surface area contributed by atoms with Crippen LogP contribution in [0.15, 0.2) is 24.3 Å². The van der Waals surface area contributed by atoms with Crippen molar-refractivity contribution >= 4 is 37.6 Å². The topological polar surface area (TPSA) is 142 Å². The average molecular weight is 493 g/mol. The molecule has 2 rings (SSSR count). The maximum absolute atomic E-state index is 12.7. The molecule has 1 aromatic carbocycles. The van der Waals surface area contributed by atoms with Crippen LogP contribution in [0.1, 0.15) is 51.4 Å². The lowest BCUT2D eigenvalue weighted by Crippen LogP contribution is -2.66. The molecule has 0 radical (unpaired) electrons. The van der Waals surface area contributed by atoms with Crippen molar-refractivity contribution in [2.75, 3.05) is 0 Å². The minimum absolute atomic E-state index is 0.0433. The summed E-state index contributed by atoms with van der Waals surface area (Å²) in [6.07, 6.45) is -1.04. The van der Waals surface area contributed by atoms with Gasteiger partial charge >= 0.3 is 11.9 Å². The Morgan fingerprint density at radius 2 is 1.71 bits per heavy atom. The Kier molecular flexibility index (Phi) is 8.15. The highest BCUT2D eigenvalue weighted by Crippen LogP contribution is 2.39. The number of carbonyl (C=O) groups excluding carboxylic acids is 4. The molecular formula is C23H32N2O8Si. The molecule has 1 saturated heterocycles. The number of nitrogens with one attached hydrogen (secondary N) is 1. The van der Waals surface area contributed by atoms with E-state index in [2.05, 4.69) is 39.2 Å². The summed E-state index contributed by atoms with van der Waals surface area (Å²) in [5.74, 6) is -3.93. The van der Waals surface area contributed by atoms with E-state index in [-0.39, 0.29) is 22.2 Å². The molecule has 4 unspecified atom stereocenters. The second-order valence-electron chi connectivity index (χ2n) is 10.1. The molecule has 1 amide bonds. The molecule has 0 spiro atoms. The smallest absolute Gasteiger partial charge is 0.345 e. The number of amides is 1. The van der Waals surface area contributed by atoms with Gasteiger partial charge in [-0.25, -0.2) is 4.79 Å². The molecule has 186 valence electrons. The van der Waals surface area contributed by atoms with E-state index in [1.165, 1.54) is 0 Å². The van der Waals surface area contributed by atoms with Crippen LogP contribution < -0.4 is 5.32 Å². The summed E-state index contributed by atoms with van der Waals surface area (Å²) in [5, 5.41) is 13.4. The maximum Gasteiger partial charge on any atom is 0.345 e. The molecule has 0 aromatic heterocycles. The molecule has 0 bridgehead atoms. The van der Waals surface area contributed by atoms with E-state index in [1.54, 1.807) is 6.92 Å². The van der Waals surface area contributed by atoms with Crippen LogP contribution in [0.2, 0.25) is 18.1 Å². The molecule has 1 heterocycles. The Hall–Kier alpha value is -2.92. The SMILES string of the molecule is CC(O[Si](C)(C)C(C)(C)C)C1C(=O)NC1C(C)C(=O)CC(=O)OC(=O)c1ccc([N+](=O)[O-])cc1. The van der Waals surface area contributed by atoms with E-state index in [1.807, 2.05) is 6.92 Å². The Morgan fingerprint density at radius 1 is 1.15 bits per heavy atom. The van der Waals surface area contributed by atoms with Crippen LogP contribution in [0.5, 0.6) is 0 Å². The van der Waals surface area contributed by atoms with Crippen molar-refractivity contribution in [1.82, 2.24) is 5.32 Å². The van der Waals surface area contributed by atoms with Crippen molar-refractivity contribution in [3.8, 4) is 0 Å². The number of β-lactam (4-membered cyclic amide) rings is 1. The van der Waals surface area contributed by atoms with Crippen molar-refractivity contribution in [3.05, 3.63) is 39.9 Å². The quantitative estimate of drug-likeness (QED) is 0.138. The number of nitro groups is 1. The van der Waals surface area contributed by atoms with Gasteiger partial charge in [0, 0.05) is 18.1 Å². The number of ketones is 1. The van der Waals surface area contributed by atoms with Gasteiger partial charge in [-0.05, 0) is 37.2 Å². The van der Waals surface area contributed by atoms with E-state index in [4.69, 9.17) is 9.16 Å². The summed E-state index contributed by atoms with van der Waals surface area (Å²) < 4.78 is 11.0. The molecule has 4 atom stereocenters. The predicted octanol–water partition coefficient (Wildman–Crippen LogP) is 3.40. The van der Waals surface area contributed by atoms with Crippen LogP contribution in [0.3, 0.4) is 0 Å². The highest BCUT2D eigenvalue weighted by atomic mass is 28.4. The van der Waals surface area contributed by atoms with Gasteiger partial charge in [-0.3, -0.25) is 24.5 Å². The number of non-ortho nitro benzene ring substituents is 1. The highest BCUT2D eigenvalue weighted by molar-refractivity contribution is 6.74. The van der Waals surface area contributed by atoms with Gasteiger partial charge in [0.15, 0.2) is 8.32 Å². The second-order valence-corrected chi connectivity index (χ2v) is 14.9. The third-order valence-electron chi connectivity index (χ3n) is 6.68. The lowest BCUT2D eigenvalue weighted by Gasteiger charge is -2.46. The summed E-state index contributed by atoms with van der Waals surface area (Å²) >= 11 is 0. The van der Waals surface area contributed by atoms with Gasteiger partial charge in [0.1, 0.15) is 12.2 Å². The fraction of sp³-hybridized carbons (Fsp3) is 0.565. The second kappa shape index (κ2) is 10.1. The number of hydrogen-bond donors (Lipinski definition) is 1. The monoisotopic (exact) mass is 492 g/mol. The zero-order chi connectivity index (χ0) is 26.0. The number of Topliss-reactive ketones (excluding diaryl/α,β-unsaturated/α-hetero) is 1. The number of nitro benzene ring substituents is 1. The number of nitrogens with zero attached hydrogens (tertiary/aromatic N) is 1. The van der Waals surface area contributed by atoms with Crippen molar-refractivity contribution in [2.45, 2.75) is 71.3 Å². The Morgan fingerprint density at radius 3 is 2.18 bits per heavy atom. The minimum Gasteiger partial charge on any atom is -0.413 e. The van der Waals surface area contributed by atoms with Gasteiger partial charge in [-0.2, -0.15) is 0 Å².